The zero-order valence-corrected chi connectivity index (χ0v) is 16.5. The highest BCUT2D eigenvalue weighted by Gasteiger charge is 2.26. The van der Waals surface area contributed by atoms with Crippen LogP contribution in [0.4, 0.5) is 0 Å². The van der Waals surface area contributed by atoms with Crippen LogP contribution in [0.25, 0.3) is 17.0 Å². The van der Waals surface area contributed by atoms with Crippen molar-refractivity contribution >= 4 is 38.8 Å². The predicted molar refractivity (Wildman–Crippen MR) is 105 cm³/mol. The molecule has 0 saturated carbocycles. The number of allylic oxidation sites excluding steroid dienone is 1. The number of hydrogen-bond acceptors (Lipinski definition) is 6. The smallest absolute Gasteiger partial charge is 0.205 e. The zero-order chi connectivity index (χ0) is 19.6. The molecule has 7 heteroatoms. The van der Waals surface area contributed by atoms with E-state index in [1.807, 2.05) is 12.1 Å². The molecule has 0 aliphatic carbocycles. The maximum atomic E-state index is 12.8. The Bertz CT molecular complexity index is 1030. The highest BCUT2D eigenvalue weighted by Crippen LogP contribution is 2.45. The number of methoxy groups -OCH3 is 3. The first-order chi connectivity index (χ1) is 13.0. The van der Waals surface area contributed by atoms with Gasteiger partial charge >= 0.3 is 0 Å². The number of ketones is 1. The minimum Gasteiger partial charge on any atom is -0.504 e. The number of carbonyl (C=O) groups is 1. The van der Waals surface area contributed by atoms with Gasteiger partial charge in [-0.15, -0.1) is 0 Å². The van der Waals surface area contributed by atoms with Gasteiger partial charge < -0.3 is 23.7 Å². The third-order valence-corrected chi connectivity index (χ3v) is 4.67. The van der Waals surface area contributed by atoms with Gasteiger partial charge in [0, 0.05) is 0 Å². The fraction of sp³-hybridized carbons (Fsp3) is 0.150. The molecular weight excluding hydrogens is 416 g/mol. The lowest BCUT2D eigenvalue weighted by molar-refractivity contribution is 0.104. The minimum absolute atomic E-state index is 0.00655. The number of ether oxygens (including phenoxy) is 3. The fourth-order valence-corrected chi connectivity index (χ4v) is 3.36. The summed E-state index contributed by atoms with van der Waals surface area (Å²) in [6.45, 7) is 0. The van der Waals surface area contributed by atoms with Crippen LogP contribution in [0.1, 0.15) is 15.9 Å². The van der Waals surface area contributed by atoms with Crippen LogP contribution in [-0.4, -0.2) is 32.2 Å². The van der Waals surface area contributed by atoms with E-state index in [-0.39, 0.29) is 22.8 Å². The van der Waals surface area contributed by atoms with Crippen LogP contribution in [0, 0.1) is 0 Å². The Hall–Kier alpha value is -2.93. The van der Waals surface area contributed by atoms with Crippen molar-refractivity contribution in [3.8, 4) is 23.0 Å². The monoisotopic (exact) mass is 432 g/mol. The number of benzene rings is 2. The number of hydrogen-bond donors (Lipinski definition) is 1. The minimum atomic E-state index is -0.433. The molecule has 0 spiro atoms. The number of furan rings is 1. The lowest BCUT2D eigenvalue weighted by Crippen LogP contribution is -2.02. The lowest BCUT2D eigenvalue weighted by Gasteiger charge is -2.13. The van der Waals surface area contributed by atoms with Gasteiger partial charge in [-0.1, -0.05) is 12.1 Å². The molecule has 27 heavy (non-hydrogen) atoms. The van der Waals surface area contributed by atoms with Gasteiger partial charge in [0.2, 0.25) is 5.75 Å². The van der Waals surface area contributed by atoms with Crippen molar-refractivity contribution in [2.24, 2.45) is 0 Å². The van der Waals surface area contributed by atoms with E-state index < -0.39 is 5.78 Å². The molecule has 0 unspecified atom stereocenters. The number of phenolic OH excluding ortho intramolecular Hbond substituents is 1. The van der Waals surface area contributed by atoms with Crippen molar-refractivity contribution < 1.29 is 28.5 Å². The van der Waals surface area contributed by atoms with Crippen LogP contribution in [-0.2, 0) is 0 Å². The molecule has 3 rings (SSSR count). The van der Waals surface area contributed by atoms with Crippen molar-refractivity contribution in [1.82, 2.24) is 0 Å². The van der Waals surface area contributed by atoms with E-state index in [9.17, 15) is 9.90 Å². The molecule has 2 aromatic carbocycles. The second-order valence-corrected chi connectivity index (χ2v) is 6.40. The van der Waals surface area contributed by atoms with E-state index in [0.717, 1.165) is 10.0 Å². The summed E-state index contributed by atoms with van der Waals surface area (Å²) in [5.41, 5.74) is 1.10. The molecule has 0 amide bonds. The summed E-state index contributed by atoms with van der Waals surface area (Å²) in [5.74, 6) is 0.232. The quantitative estimate of drug-likeness (QED) is 0.444. The maximum Gasteiger partial charge on any atom is 0.205 e. The van der Waals surface area contributed by atoms with E-state index in [0.29, 0.717) is 16.7 Å². The van der Waals surface area contributed by atoms with Crippen LogP contribution in [0.5, 0.6) is 23.0 Å². The average molecular weight is 433 g/mol. The van der Waals surface area contributed by atoms with E-state index in [2.05, 4.69) is 15.9 Å². The standard InChI is InChI=1S/C20H17BrO6/c1-24-15-7-5-11(10-13(15)21)4-6-14(22)16-17(23)20(26-3)19-12(8-9-27-19)18(16)25-2/h4-10,23H,1-3H3/b6-4+. The highest BCUT2D eigenvalue weighted by molar-refractivity contribution is 9.10. The average Bonchev–Trinajstić information content (AvgIpc) is 3.14. The topological polar surface area (TPSA) is 78.1 Å². The Kier molecular flexibility index (Phi) is 5.41. The van der Waals surface area contributed by atoms with Gasteiger partial charge in [-0.05, 0) is 45.8 Å². The normalized spacial score (nSPS) is 11.1. The molecule has 3 aromatic rings. The van der Waals surface area contributed by atoms with E-state index >= 15 is 0 Å². The number of rotatable bonds is 6. The van der Waals surface area contributed by atoms with Crippen LogP contribution in [0.15, 0.2) is 45.5 Å². The van der Waals surface area contributed by atoms with Gasteiger partial charge in [-0.2, -0.15) is 0 Å². The van der Waals surface area contributed by atoms with Crippen LogP contribution >= 0.6 is 15.9 Å². The first-order valence-electron chi connectivity index (χ1n) is 7.91. The third-order valence-electron chi connectivity index (χ3n) is 4.05. The van der Waals surface area contributed by atoms with Crippen molar-refractivity contribution in [3.05, 3.63) is 52.2 Å². The third kappa shape index (κ3) is 3.38. The van der Waals surface area contributed by atoms with Gasteiger partial charge in [0.05, 0.1) is 37.5 Å². The summed E-state index contributed by atoms with van der Waals surface area (Å²) in [6, 6.07) is 7.06. The van der Waals surface area contributed by atoms with Gasteiger partial charge in [-0.3, -0.25) is 4.79 Å². The van der Waals surface area contributed by atoms with E-state index in [4.69, 9.17) is 18.6 Å². The fourth-order valence-electron chi connectivity index (χ4n) is 2.80. The SMILES string of the molecule is COc1ccc(/C=C/C(=O)c2c(O)c(OC)c3occc3c2OC)cc1Br. The summed E-state index contributed by atoms with van der Waals surface area (Å²) >= 11 is 3.40. The molecule has 1 heterocycles. The van der Waals surface area contributed by atoms with Crippen molar-refractivity contribution in [2.75, 3.05) is 21.3 Å². The molecule has 0 aliphatic rings. The zero-order valence-electron chi connectivity index (χ0n) is 14.9. The van der Waals surface area contributed by atoms with Gasteiger partial charge in [0.25, 0.3) is 0 Å². The van der Waals surface area contributed by atoms with Crippen molar-refractivity contribution in [1.29, 1.82) is 0 Å². The van der Waals surface area contributed by atoms with E-state index in [1.165, 1.54) is 26.6 Å². The van der Waals surface area contributed by atoms with Crippen molar-refractivity contribution in [3.63, 3.8) is 0 Å². The molecule has 140 valence electrons. The summed E-state index contributed by atoms with van der Waals surface area (Å²) in [7, 11) is 4.39. The Balaban J connectivity index is 2.05. The van der Waals surface area contributed by atoms with E-state index in [1.54, 1.807) is 25.3 Å². The molecule has 1 aromatic heterocycles. The molecule has 0 fully saturated rings. The number of fused-ring (bicyclic) bond motifs is 1. The Labute approximate surface area is 164 Å². The maximum absolute atomic E-state index is 12.8. The second-order valence-electron chi connectivity index (χ2n) is 5.55. The molecule has 0 atom stereocenters. The first-order valence-corrected chi connectivity index (χ1v) is 8.71. The molecule has 0 radical (unpaired) electrons. The summed E-state index contributed by atoms with van der Waals surface area (Å²) in [5, 5.41) is 11.1. The first kappa shape index (κ1) is 18.8. The van der Waals surface area contributed by atoms with Gasteiger partial charge in [-0.25, -0.2) is 0 Å². The predicted octanol–water partition coefficient (Wildman–Crippen LogP) is 4.82. The molecule has 0 aliphatic heterocycles. The summed E-state index contributed by atoms with van der Waals surface area (Å²) in [4.78, 5) is 12.8. The van der Waals surface area contributed by atoms with Crippen LogP contribution < -0.4 is 14.2 Å². The van der Waals surface area contributed by atoms with Crippen LogP contribution in [0.2, 0.25) is 0 Å². The summed E-state index contributed by atoms with van der Waals surface area (Å²) in [6.07, 6.45) is 4.43. The molecule has 0 saturated heterocycles. The molecular formula is C20H17BrO6. The number of halogens is 1. The summed E-state index contributed by atoms with van der Waals surface area (Å²) < 4.78 is 21.9. The largest absolute Gasteiger partial charge is 0.504 e. The van der Waals surface area contributed by atoms with Gasteiger partial charge in [0.15, 0.2) is 17.1 Å². The van der Waals surface area contributed by atoms with Crippen LogP contribution in [0.3, 0.4) is 0 Å². The second kappa shape index (κ2) is 7.75. The van der Waals surface area contributed by atoms with Crippen molar-refractivity contribution in [2.45, 2.75) is 0 Å². The van der Waals surface area contributed by atoms with Gasteiger partial charge in [0.1, 0.15) is 17.1 Å². The lowest BCUT2D eigenvalue weighted by atomic mass is 10.0. The Morgan fingerprint density at radius 3 is 2.48 bits per heavy atom. The molecule has 0 bridgehead atoms. The number of aromatic hydroxyl groups is 1. The number of phenols is 1. The molecule has 1 N–H and O–H groups in total. The number of carbonyl (C=O) groups excluding carboxylic acids is 1. The Morgan fingerprint density at radius 1 is 1.11 bits per heavy atom. The molecule has 6 nitrogen and oxygen atoms in total. The Morgan fingerprint density at radius 2 is 1.85 bits per heavy atom. The highest BCUT2D eigenvalue weighted by atomic mass is 79.9.